The maximum Gasteiger partial charge on any atom is 0.303 e. The molecule has 0 unspecified atom stereocenters. The van der Waals surface area contributed by atoms with E-state index in [1.165, 1.54) is 0 Å². The van der Waals surface area contributed by atoms with Gasteiger partial charge in [0.05, 0.1) is 6.42 Å². The van der Waals surface area contributed by atoms with E-state index < -0.39 is 5.97 Å². The molecule has 2 rings (SSSR count). The van der Waals surface area contributed by atoms with Crippen LogP contribution in [0.3, 0.4) is 0 Å². The lowest BCUT2D eigenvalue weighted by molar-refractivity contribution is -0.137. The molecule has 2 aromatic rings. The fourth-order valence-corrected chi connectivity index (χ4v) is 1.91. The third kappa shape index (κ3) is 2.27. The van der Waals surface area contributed by atoms with Crippen molar-refractivity contribution in [2.24, 2.45) is 0 Å². The third-order valence-corrected chi connectivity index (χ3v) is 2.60. The minimum atomic E-state index is -0.805. The largest absolute Gasteiger partial charge is 0.481 e. The molecule has 5 nitrogen and oxygen atoms in total. The zero-order valence-electron chi connectivity index (χ0n) is 9.92. The summed E-state index contributed by atoms with van der Waals surface area (Å²) >= 11 is 0. The summed E-state index contributed by atoms with van der Waals surface area (Å²) in [6.45, 7) is 4.08. The number of imidazole rings is 1. The number of hydrogen-bond acceptors (Lipinski definition) is 3. The van der Waals surface area contributed by atoms with Crippen LogP contribution in [0.15, 0.2) is 18.3 Å². The van der Waals surface area contributed by atoms with Gasteiger partial charge in [-0.3, -0.25) is 4.79 Å². The molecule has 0 aliphatic carbocycles. The molecule has 5 heteroatoms. The molecule has 0 aromatic carbocycles. The van der Waals surface area contributed by atoms with E-state index in [2.05, 4.69) is 9.97 Å². The molecule has 0 aliphatic heterocycles. The first-order valence-corrected chi connectivity index (χ1v) is 5.63. The Hall–Kier alpha value is -1.91. The Kier molecular flexibility index (Phi) is 3.08. The van der Waals surface area contributed by atoms with Crippen molar-refractivity contribution >= 4 is 17.1 Å². The van der Waals surface area contributed by atoms with Crippen molar-refractivity contribution in [1.29, 1.82) is 0 Å². The predicted molar refractivity (Wildman–Crippen MR) is 63.9 cm³/mol. The predicted octanol–water partition coefficient (Wildman–Crippen LogP) is 2.03. The van der Waals surface area contributed by atoms with Crippen LogP contribution in [0.4, 0.5) is 0 Å². The Balaban J connectivity index is 2.46. The van der Waals surface area contributed by atoms with Gasteiger partial charge in [0, 0.05) is 18.7 Å². The molecule has 90 valence electrons. The summed E-state index contributed by atoms with van der Waals surface area (Å²) in [5, 5.41) is 8.73. The van der Waals surface area contributed by atoms with E-state index in [4.69, 9.17) is 5.11 Å². The molecule has 0 aliphatic rings. The Labute approximate surface area is 99.1 Å². The van der Waals surface area contributed by atoms with Gasteiger partial charge in [0.2, 0.25) is 0 Å². The maximum absolute atomic E-state index is 10.6. The number of hydrogen-bond donors (Lipinski definition) is 1. The highest BCUT2D eigenvalue weighted by Crippen LogP contribution is 2.19. The van der Waals surface area contributed by atoms with Gasteiger partial charge in [-0.05, 0) is 26.0 Å². The second kappa shape index (κ2) is 4.53. The third-order valence-electron chi connectivity index (χ3n) is 2.60. The first-order valence-electron chi connectivity index (χ1n) is 5.63. The number of carbonyl (C=O) groups is 1. The lowest BCUT2D eigenvalue weighted by Gasteiger charge is -2.11. The average Bonchev–Trinajstić information content (AvgIpc) is 2.64. The van der Waals surface area contributed by atoms with Crippen LogP contribution in [0, 0.1) is 0 Å². The normalized spacial score (nSPS) is 11.2. The van der Waals surface area contributed by atoms with Gasteiger partial charge >= 0.3 is 5.97 Å². The minimum absolute atomic E-state index is 0.0933. The molecule has 0 bridgehead atoms. The molecule has 0 spiro atoms. The first-order chi connectivity index (χ1) is 8.09. The summed E-state index contributed by atoms with van der Waals surface area (Å²) in [6, 6.07) is 3.95. The van der Waals surface area contributed by atoms with Gasteiger partial charge in [-0.2, -0.15) is 0 Å². The topological polar surface area (TPSA) is 68.0 Å². The lowest BCUT2D eigenvalue weighted by Crippen LogP contribution is -2.09. The van der Waals surface area contributed by atoms with E-state index in [9.17, 15) is 4.79 Å². The molecule has 0 radical (unpaired) electrons. The van der Waals surface area contributed by atoms with Crippen LogP contribution in [-0.4, -0.2) is 25.6 Å². The van der Waals surface area contributed by atoms with Crippen molar-refractivity contribution in [3.8, 4) is 0 Å². The summed E-state index contributed by atoms with van der Waals surface area (Å²) in [7, 11) is 0. The molecule has 0 saturated heterocycles. The van der Waals surface area contributed by atoms with E-state index in [0.717, 1.165) is 17.0 Å². The molecule has 0 amide bonds. The zero-order chi connectivity index (χ0) is 12.4. The van der Waals surface area contributed by atoms with E-state index >= 15 is 0 Å². The minimum Gasteiger partial charge on any atom is -0.481 e. The van der Waals surface area contributed by atoms with Crippen LogP contribution in [0.5, 0.6) is 0 Å². The number of fused-ring (bicyclic) bond motifs is 1. The number of aromatic nitrogens is 3. The van der Waals surface area contributed by atoms with Gasteiger partial charge in [0.25, 0.3) is 0 Å². The van der Waals surface area contributed by atoms with E-state index in [1.807, 2.05) is 30.5 Å². The highest BCUT2D eigenvalue weighted by molar-refractivity contribution is 5.72. The molecule has 0 saturated carbocycles. The second-order valence-corrected chi connectivity index (χ2v) is 4.23. The van der Waals surface area contributed by atoms with E-state index in [-0.39, 0.29) is 12.5 Å². The molecular formula is C12H15N3O2. The highest BCUT2D eigenvalue weighted by Gasteiger charge is 2.14. The quantitative estimate of drug-likeness (QED) is 0.877. The van der Waals surface area contributed by atoms with Gasteiger partial charge in [-0.15, -0.1) is 0 Å². The molecular weight excluding hydrogens is 218 g/mol. The fraction of sp³-hybridized carbons (Fsp3) is 0.417. The Morgan fingerprint density at radius 1 is 1.53 bits per heavy atom. The summed E-state index contributed by atoms with van der Waals surface area (Å²) < 4.78 is 2.00. The molecule has 0 fully saturated rings. The molecule has 0 atom stereocenters. The first kappa shape index (κ1) is 11.6. The second-order valence-electron chi connectivity index (χ2n) is 4.23. The van der Waals surface area contributed by atoms with Crippen molar-refractivity contribution in [3.63, 3.8) is 0 Å². The number of nitrogens with zero attached hydrogens (tertiary/aromatic N) is 3. The molecule has 1 N–H and O–H groups in total. The van der Waals surface area contributed by atoms with Crippen LogP contribution >= 0.6 is 0 Å². The van der Waals surface area contributed by atoms with Crippen molar-refractivity contribution < 1.29 is 9.90 Å². The van der Waals surface area contributed by atoms with Gasteiger partial charge < -0.3 is 9.67 Å². The molecule has 2 aromatic heterocycles. The van der Waals surface area contributed by atoms with Crippen LogP contribution in [-0.2, 0) is 11.2 Å². The Bertz CT molecular complexity index is 546. The Morgan fingerprint density at radius 3 is 2.94 bits per heavy atom. The maximum atomic E-state index is 10.6. The number of carboxylic acid groups (broad SMARTS) is 1. The van der Waals surface area contributed by atoms with Crippen molar-refractivity contribution in [2.45, 2.75) is 32.7 Å². The van der Waals surface area contributed by atoms with E-state index in [0.29, 0.717) is 6.42 Å². The van der Waals surface area contributed by atoms with E-state index in [1.54, 1.807) is 6.20 Å². The number of aliphatic carboxylic acids is 1. The van der Waals surface area contributed by atoms with Crippen molar-refractivity contribution in [1.82, 2.24) is 14.5 Å². The Morgan fingerprint density at radius 2 is 2.29 bits per heavy atom. The SMILES string of the molecule is CC(C)n1c(CCC(=O)O)nc2cccnc21. The number of carboxylic acids is 1. The van der Waals surface area contributed by atoms with Crippen LogP contribution in [0.25, 0.3) is 11.2 Å². The van der Waals surface area contributed by atoms with Gasteiger partial charge in [-0.25, -0.2) is 9.97 Å². The van der Waals surface area contributed by atoms with Crippen LogP contribution < -0.4 is 0 Å². The zero-order valence-corrected chi connectivity index (χ0v) is 9.92. The van der Waals surface area contributed by atoms with Gasteiger partial charge in [0.1, 0.15) is 11.3 Å². The standard InChI is InChI=1S/C12H15N3O2/c1-8(2)15-10(5-6-11(16)17)14-9-4-3-7-13-12(9)15/h3-4,7-8H,5-6H2,1-2H3,(H,16,17). The molecule has 17 heavy (non-hydrogen) atoms. The smallest absolute Gasteiger partial charge is 0.303 e. The number of aryl methyl sites for hydroxylation is 1. The summed E-state index contributed by atoms with van der Waals surface area (Å²) in [5.74, 6) is -0.0172. The van der Waals surface area contributed by atoms with Gasteiger partial charge in [-0.1, -0.05) is 0 Å². The number of pyridine rings is 1. The monoisotopic (exact) mass is 233 g/mol. The lowest BCUT2D eigenvalue weighted by atomic mass is 10.3. The summed E-state index contributed by atoms with van der Waals surface area (Å²) in [4.78, 5) is 19.4. The number of rotatable bonds is 4. The summed E-state index contributed by atoms with van der Waals surface area (Å²) in [5.41, 5.74) is 1.64. The highest BCUT2D eigenvalue weighted by atomic mass is 16.4. The summed E-state index contributed by atoms with van der Waals surface area (Å²) in [6.07, 6.45) is 2.25. The van der Waals surface area contributed by atoms with Crippen LogP contribution in [0.1, 0.15) is 32.1 Å². The van der Waals surface area contributed by atoms with Crippen molar-refractivity contribution in [3.05, 3.63) is 24.2 Å². The molecule has 2 heterocycles. The van der Waals surface area contributed by atoms with Crippen molar-refractivity contribution in [2.75, 3.05) is 0 Å². The fourth-order valence-electron chi connectivity index (χ4n) is 1.91. The van der Waals surface area contributed by atoms with Crippen LogP contribution in [0.2, 0.25) is 0 Å². The van der Waals surface area contributed by atoms with Gasteiger partial charge in [0.15, 0.2) is 5.65 Å². The average molecular weight is 233 g/mol.